The van der Waals surface area contributed by atoms with Crippen molar-refractivity contribution in [1.82, 2.24) is 10.3 Å². The molecule has 1 heterocycles. The second-order valence-electron chi connectivity index (χ2n) is 5.33. The summed E-state index contributed by atoms with van der Waals surface area (Å²) in [7, 11) is 0. The second-order valence-corrected chi connectivity index (χ2v) is 6.12. The Bertz CT molecular complexity index is 602. The SMILES string of the molecule is CCNC(Cc1cccnc1N)c1cc(C)c(Br)c(C)c1. The summed E-state index contributed by atoms with van der Waals surface area (Å²) in [5.41, 5.74) is 10.9. The van der Waals surface area contributed by atoms with Gasteiger partial charge in [-0.15, -0.1) is 0 Å². The molecular weight excluding hydrogens is 326 g/mol. The lowest BCUT2D eigenvalue weighted by molar-refractivity contribution is 0.549. The number of nitrogens with zero attached hydrogens (tertiary/aromatic N) is 1. The van der Waals surface area contributed by atoms with Crippen molar-refractivity contribution in [2.45, 2.75) is 33.2 Å². The normalized spacial score (nSPS) is 12.4. The third kappa shape index (κ3) is 3.83. The first-order chi connectivity index (χ1) is 10.0. The number of aromatic nitrogens is 1. The van der Waals surface area contributed by atoms with Crippen LogP contribution < -0.4 is 11.1 Å². The van der Waals surface area contributed by atoms with Crippen molar-refractivity contribution >= 4 is 21.7 Å². The number of aryl methyl sites for hydroxylation is 2. The lowest BCUT2D eigenvalue weighted by Gasteiger charge is -2.21. The van der Waals surface area contributed by atoms with E-state index in [0.717, 1.165) is 18.5 Å². The molecule has 1 unspecified atom stereocenters. The zero-order valence-corrected chi connectivity index (χ0v) is 14.4. The molecule has 0 radical (unpaired) electrons. The molecule has 1 atom stereocenters. The van der Waals surface area contributed by atoms with Gasteiger partial charge < -0.3 is 11.1 Å². The molecule has 0 bridgehead atoms. The Kier molecular flexibility index (Phi) is 5.37. The molecule has 3 N–H and O–H groups in total. The van der Waals surface area contributed by atoms with Crippen molar-refractivity contribution in [3.05, 3.63) is 57.2 Å². The molecule has 1 aromatic heterocycles. The van der Waals surface area contributed by atoms with Gasteiger partial charge in [0.1, 0.15) is 5.82 Å². The number of anilines is 1. The number of likely N-dealkylation sites (N-methyl/N-ethyl adjacent to an activating group) is 1. The molecule has 4 heteroatoms. The molecule has 21 heavy (non-hydrogen) atoms. The van der Waals surface area contributed by atoms with Crippen LogP contribution in [-0.2, 0) is 6.42 Å². The van der Waals surface area contributed by atoms with E-state index in [2.05, 4.69) is 59.1 Å². The summed E-state index contributed by atoms with van der Waals surface area (Å²) in [6, 6.07) is 8.69. The largest absolute Gasteiger partial charge is 0.383 e. The third-order valence-corrected chi connectivity index (χ3v) is 4.91. The molecule has 2 aromatic rings. The van der Waals surface area contributed by atoms with Crippen LogP contribution in [0.3, 0.4) is 0 Å². The van der Waals surface area contributed by atoms with Crippen LogP contribution in [0.1, 0.15) is 35.2 Å². The molecule has 0 aliphatic carbocycles. The number of nitrogens with one attached hydrogen (secondary N) is 1. The highest BCUT2D eigenvalue weighted by atomic mass is 79.9. The van der Waals surface area contributed by atoms with Gasteiger partial charge in [-0.1, -0.05) is 41.1 Å². The van der Waals surface area contributed by atoms with Crippen LogP contribution in [0.5, 0.6) is 0 Å². The first-order valence-corrected chi connectivity index (χ1v) is 8.01. The van der Waals surface area contributed by atoms with Crippen LogP contribution in [0, 0.1) is 13.8 Å². The van der Waals surface area contributed by atoms with Crippen LogP contribution in [0.25, 0.3) is 0 Å². The molecule has 0 spiro atoms. The Morgan fingerprint density at radius 2 is 1.95 bits per heavy atom. The van der Waals surface area contributed by atoms with Gasteiger partial charge in [-0.25, -0.2) is 4.98 Å². The third-order valence-electron chi connectivity index (χ3n) is 3.66. The van der Waals surface area contributed by atoms with Gasteiger partial charge in [0.15, 0.2) is 0 Å². The second kappa shape index (κ2) is 7.05. The Balaban J connectivity index is 2.33. The zero-order chi connectivity index (χ0) is 15.4. The Morgan fingerprint density at radius 3 is 2.52 bits per heavy atom. The molecule has 2 rings (SSSR count). The highest BCUT2D eigenvalue weighted by Gasteiger charge is 2.15. The van der Waals surface area contributed by atoms with Crippen molar-refractivity contribution in [3.8, 4) is 0 Å². The average Bonchev–Trinajstić information content (AvgIpc) is 2.46. The smallest absolute Gasteiger partial charge is 0.126 e. The van der Waals surface area contributed by atoms with E-state index in [1.165, 1.54) is 21.2 Å². The monoisotopic (exact) mass is 347 g/mol. The quantitative estimate of drug-likeness (QED) is 0.861. The van der Waals surface area contributed by atoms with Crippen molar-refractivity contribution in [2.75, 3.05) is 12.3 Å². The van der Waals surface area contributed by atoms with E-state index in [0.29, 0.717) is 5.82 Å². The summed E-state index contributed by atoms with van der Waals surface area (Å²) in [6.07, 6.45) is 2.57. The number of nitrogens with two attached hydrogens (primary N) is 1. The Labute approximate surface area is 135 Å². The van der Waals surface area contributed by atoms with E-state index in [9.17, 15) is 0 Å². The van der Waals surface area contributed by atoms with E-state index >= 15 is 0 Å². The molecule has 112 valence electrons. The predicted octanol–water partition coefficient (Wildman–Crippen LogP) is 3.94. The van der Waals surface area contributed by atoms with Crippen molar-refractivity contribution < 1.29 is 0 Å². The number of pyridine rings is 1. The fourth-order valence-corrected chi connectivity index (χ4v) is 2.81. The van der Waals surface area contributed by atoms with Gasteiger partial charge >= 0.3 is 0 Å². The van der Waals surface area contributed by atoms with E-state index in [1.807, 2.05) is 12.1 Å². The first-order valence-electron chi connectivity index (χ1n) is 7.22. The minimum absolute atomic E-state index is 0.243. The van der Waals surface area contributed by atoms with Gasteiger partial charge in [-0.2, -0.15) is 0 Å². The minimum atomic E-state index is 0.243. The maximum Gasteiger partial charge on any atom is 0.126 e. The summed E-state index contributed by atoms with van der Waals surface area (Å²) >= 11 is 3.63. The highest BCUT2D eigenvalue weighted by molar-refractivity contribution is 9.10. The fraction of sp³-hybridized carbons (Fsp3) is 0.353. The zero-order valence-electron chi connectivity index (χ0n) is 12.8. The van der Waals surface area contributed by atoms with Crippen molar-refractivity contribution in [3.63, 3.8) is 0 Å². The molecule has 0 aliphatic rings. The highest BCUT2D eigenvalue weighted by Crippen LogP contribution is 2.28. The van der Waals surface area contributed by atoms with Gasteiger partial charge in [-0.3, -0.25) is 0 Å². The van der Waals surface area contributed by atoms with Gasteiger partial charge in [0.2, 0.25) is 0 Å². The van der Waals surface area contributed by atoms with Crippen LogP contribution in [0.4, 0.5) is 5.82 Å². The maximum atomic E-state index is 5.98. The predicted molar refractivity (Wildman–Crippen MR) is 92.4 cm³/mol. The minimum Gasteiger partial charge on any atom is -0.383 e. The summed E-state index contributed by atoms with van der Waals surface area (Å²) in [6.45, 7) is 7.29. The number of rotatable bonds is 5. The van der Waals surface area contributed by atoms with E-state index in [4.69, 9.17) is 5.73 Å². The van der Waals surface area contributed by atoms with Crippen LogP contribution in [-0.4, -0.2) is 11.5 Å². The van der Waals surface area contributed by atoms with E-state index < -0.39 is 0 Å². The number of halogens is 1. The van der Waals surface area contributed by atoms with E-state index in [-0.39, 0.29) is 6.04 Å². The van der Waals surface area contributed by atoms with Crippen LogP contribution >= 0.6 is 15.9 Å². The van der Waals surface area contributed by atoms with Gasteiger partial charge in [0.25, 0.3) is 0 Å². The molecule has 0 saturated heterocycles. The standard InChI is InChI=1S/C17H22BrN3/c1-4-20-15(10-13-6-5-7-21-17(13)19)14-8-11(2)16(18)12(3)9-14/h5-9,15,20H,4,10H2,1-3H3,(H2,19,21). The molecule has 0 fully saturated rings. The van der Waals surface area contributed by atoms with Gasteiger partial charge in [0.05, 0.1) is 0 Å². The summed E-state index contributed by atoms with van der Waals surface area (Å²) in [5.74, 6) is 0.617. The first kappa shape index (κ1) is 16.0. The molecular formula is C17H22BrN3. The Morgan fingerprint density at radius 1 is 1.29 bits per heavy atom. The number of hydrogen-bond acceptors (Lipinski definition) is 3. The van der Waals surface area contributed by atoms with Crippen molar-refractivity contribution in [2.24, 2.45) is 0 Å². The lowest BCUT2D eigenvalue weighted by Crippen LogP contribution is -2.23. The molecule has 3 nitrogen and oxygen atoms in total. The lowest BCUT2D eigenvalue weighted by atomic mass is 9.96. The number of hydrogen-bond donors (Lipinski definition) is 2. The topological polar surface area (TPSA) is 50.9 Å². The van der Waals surface area contributed by atoms with Crippen LogP contribution in [0.15, 0.2) is 34.9 Å². The molecule has 1 aromatic carbocycles. The number of benzene rings is 1. The molecule has 0 saturated carbocycles. The number of nitrogen functional groups attached to an aromatic ring is 1. The molecule has 0 aliphatic heterocycles. The van der Waals surface area contributed by atoms with Crippen molar-refractivity contribution in [1.29, 1.82) is 0 Å². The fourth-order valence-electron chi connectivity index (χ4n) is 2.58. The molecule has 0 amide bonds. The van der Waals surface area contributed by atoms with Crippen LogP contribution in [0.2, 0.25) is 0 Å². The maximum absolute atomic E-state index is 5.98. The van der Waals surface area contributed by atoms with Gasteiger partial charge in [-0.05, 0) is 55.1 Å². The summed E-state index contributed by atoms with van der Waals surface area (Å²) in [5, 5.41) is 3.55. The summed E-state index contributed by atoms with van der Waals surface area (Å²) < 4.78 is 1.18. The van der Waals surface area contributed by atoms with Gasteiger partial charge in [0, 0.05) is 16.7 Å². The Hall–Kier alpha value is -1.39. The van der Waals surface area contributed by atoms with E-state index in [1.54, 1.807) is 6.20 Å². The average molecular weight is 348 g/mol. The summed E-state index contributed by atoms with van der Waals surface area (Å²) in [4.78, 5) is 4.18.